The van der Waals surface area contributed by atoms with E-state index in [9.17, 15) is 23.1 Å². The van der Waals surface area contributed by atoms with Gasteiger partial charge in [0, 0.05) is 31.7 Å². The normalized spacial score (nSPS) is 20.5. The molecule has 1 N–H and O–H groups in total. The molecule has 0 aromatic heterocycles. The van der Waals surface area contributed by atoms with E-state index in [-0.39, 0.29) is 35.7 Å². The molecule has 2 aromatic rings. The number of ether oxygens (including phenoxy) is 2. The van der Waals surface area contributed by atoms with Gasteiger partial charge < -0.3 is 24.4 Å². The Bertz CT molecular complexity index is 1300. The third-order valence-corrected chi connectivity index (χ3v) is 8.37. The van der Waals surface area contributed by atoms with Crippen molar-refractivity contribution in [2.75, 3.05) is 60.6 Å². The topological polar surface area (TPSA) is 117 Å². The number of ketones is 1. The zero-order valence-corrected chi connectivity index (χ0v) is 21.9. The quantitative estimate of drug-likeness (QED) is 0.312. The van der Waals surface area contributed by atoms with Crippen LogP contribution in [0.1, 0.15) is 17.2 Å². The Morgan fingerprint density at radius 2 is 1.78 bits per heavy atom. The van der Waals surface area contributed by atoms with Crippen molar-refractivity contribution in [1.82, 2.24) is 14.1 Å². The standard InChI is InChI=1S/C26H31N3O7S/c1-27(2)11-12-29-23(18-7-9-20(35-3)10-8-18)22(25(31)26(29)32)24(30)19-5-4-6-21(17-19)37(33,34)28-13-15-36-16-14-28/h4-10,17,23,30H,11-16H2,1-3H3/b24-22-. The van der Waals surface area contributed by atoms with Crippen molar-refractivity contribution in [3.05, 3.63) is 65.2 Å². The maximum absolute atomic E-state index is 13.2. The Morgan fingerprint density at radius 1 is 1.11 bits per heavy atom. The van der Waals surface area contributed by atoms with Crippen LogP contribution in [-0.2, 0) is 24.3 Å². The largest absolute Gasteiger partial charge is 0.507 e. The van der Waals surface area contributed by atoms with Gasteiger partial charge in [-0.3, -0.25) is 9.59 Å². The van der Waals surface area contributed by atoms with Gasteiger partial charge in [0.15, 0.2) is 0 Å². The van der Waals surface area contributed by atoms with E-state index in [1.807, 2.05) is 19.0 Å². The van der Waals surface area contributed by atoms with Crippen molar-refractivity contribution in [2.24, 2.45) is 0 Å². The molecule has 2 aromatic carbocycles. The van der Waals surface area contributed by atoms with Crippen LogP contribution < -0.4 is 4.74 Å². The number of likely N-dealkylation sites (N-methyl/N-ethyl adjacent to an activating group) is 1. The maximum atomic E-state index is 13.2. The molecule has 1 atom stereocenters. The second kappa shape index (κ2) is 11.0. The van der Waals surface area contributed by atoms with E-state index in [4.69, 9.17) is 9.47 Å². The molecule has 37 heavy (non-hydrogen) atoms. The van der Waals surface area contributed by atoms with Gasteiger partial charge in [-0.25, -0.2) is 8.42 Å². The molecule has 0 saturated carbocycles. The maximum Gasteiger partial charge on any atom is 0.295 e. The van der Waals surface area contributed by atoms with Crippen LogP contribution in [0.25, 0.3) is 5.76 Å². The number of aliphatic hydroxyl groups excluding tert-OH is 1. The van der Waals surface area contributed by atoms with Gasteiger partial charge in [-0.1, -0.05) is 24.3 Å². The molecule has 2 fully saturated rings. The average molecular weight is 530 g/mol. The lowest BCUT2D eigenvalue weighted by molar-refractivity contribution is -0.140. The van der Waals surface area contributed by atoms with Crippen LogP contribution >= 0.6 is 0 Å². The fourth-order valence-electron chi connectivity index (χ4n) is 4.45. The SMILES string of the molecule is COc1ccc(C2/C(=C(/O)c3cccc(S(=O)(=O)N4CCOCC4)c3)C(=O)C(=O)N2CCN(C)C)cc1. The summed E-state index contributed by atoms with van der Waals surface area (Å²) in [6.45, 7) is 1.83. The first-order valence-electron chi connectivity index (χ1n) is 11.9. The molecule has 0 spiro atoms. The van der Waals surface area contributed by atoms with E-state index >= 15 is 0 Å². The highest BCUT2D eigenvalue weighted by Gasteiger charge is 2.46. The number of sulfonamides is 1. The molecule has 0 radical (unpaired) electrons. The summed E-state index contributed by atoms with van der Waals surface area (Å²) in [5.41, 5.74) is 0.672. The van der Waals surface area contributed by atoms with Crippen molar-refractivity contribution in [1.29, 1.82) is 0 Å². The molecule has 1 amide bonds. The van der Waals surface area contributed by atoms with Gasteiger partial charge in [-0.2, -0.15) is 4.31 Å². The van der Waals surface area contributed by atoms with E-state index < -0.39 is 33.5 Å². The fraction of sp³-hybridized carbons (Fsp3) is 0.385. The lowest BCUT2D eigenvalue weighted by atomic mass is 9.95. The number of nitrogens with zero attached hydrogens (tertiary/aromatic N) is 3. The summed E-state index contributed by atoms with van der Waals surface area (Å²) in [7, 11) is 1.43. The van der Waals surface area contributed by atoms with Crippen LogP contribution in [0.15, 0.2) is 59.0 Å². The lowest BCUT2D eigenvalue weighted by Gasteiger charge is -2.27. The van der Waals surface area contributed by atoms with Gasteiger partial charge in [-0.15, -0.1) is 0 Å². The third kappa shape index (κ3) is 5.40. The molecule has 2 saturated heterocycles. The van der Waals surface area contributed by atoms with Crippen LogP contribution in [-0.4, -0.2) is 99.9 Å². The van der Waals surface area contributed by atoms with Crippen molar-refractivity contribution in [2.45, 2.75) is 10.9 Å². The van der Waals surface area contributed by atoms with E-state index in [1.54, 1.807) is 24.3 Å². The molecular formula is C26H31N3O7S. The fourth-order valence-corrected chi connectivity index (χ4v) is 5.90. The predicted octanol–water partition coefficient (Wildman–Crippen LogP) is 1.70. The summed E-state index contributed by atoms with van der Waals surface area (Å²) >= 11 is 0. The molecule has 4 rings (SSSR count). The Morgan fingerprint density at radius 3 is 2.41 bits per heavy atom. The predicted molar refractivity (Wildman–Crippen MR) is 137 cm³/mol. The van der Waals surface area contributed by atoms with Gasteiger partial charge >= 0.3 is 0 Å². The first-order chi connectivity index (χ1) is 17.6. The minimum absolute atomic E-state index is 0.0127. The Hall–Kier alpha value is -3.25. The number of hydrogen-bond donors (Lipinski definition) is 1. The second-order valence-electron chi connectivity index (χ2n) is 9.11. The number of rotatable bonds is 8. The number of benzene rings is 2. The molecule has 10 nitrogen and oxygen atoms in total. The van der Waals surface area contributed by atoms with Crippen molar-refractivity contribution >= 4 is 27.5 Å². The number of methoxy groups -OCH3 is 1. The van der Waals surface area contributed by atoms with Crippen molar-refractivity contribution < 1.29 is 32.6 Å². The highest BCUT2D eigenvalue weighted by molar-refractivity contribution is 7.89. The smallest absolute Gasteiger partial charge is 0.295 e. The number of likely N-dealkylation sites (tertiary alicyclic amines) is 1. The molecule has 2 aliphatic rings. The number of morpholine rings is 1. The summed E-state index contributed by atoms with van der Waals surface area (Å²) in [5.74, 6) is -1.36. The molecule has 11 heteroatoms. The zero-order chi connectivity index (χ0) is 26.7. The average Bonchev–Trinajstić information content (AvgIpc) is 3.17. The van der Waals surface area contributed by atoms with E-state index in [1.165, 1.54) is 40.6 Å². The summed E-state index contributed by atoms with van der Waals surface area (Å²) < 4.78 is 38.2. The first-order valence-corrected chi connectivity index (χ1v) is 13.3. The Labute approximate surface area is 216 Å². The van der Waals surface area contributed by atoms with Crippen LogP contribution in [0.4, 0.5) is 0 Å². The highest BCUT2D eigenvalue weighted by Crippen LogP contribution is 2.40. The van der Waals surface area contributed by atoms with Gasteiger partial charge in [0.2, 0.25) is 10.0 Å². The van der Waals surface area contributed by atoms with Crippen molar-refractivity contribution in [3.63, 3.8) is 0 Å². The molecule has 2 aliphatic heterocycles. The van der Waals surface area contributed by atoms with Gasteiger partial charge in [0.25, 0.3) is 11.7 Å². The van der Waals surface area contributed by atoms with Crippen LogP contribution in [0.3, 0.4) is 0 Å². The molecule has 0 aliphatic carbocycles. The highest BCUT2D eigenvalue weighted by atomic mass is 32.2. The van der Waals surface area contributed by atoms with Crippen LogP contribution in [0.5, 0.6) is 5.75 Å². The summed E-state index contributed by atoms with van der Waals surface area (Å²) in [4.78, 5) is 29.6. The monoisotopic (exact) mass is 529 g/mol. The zero-order valence-electron chi connectivity index (χ0n) is 21.1. The molecule has 1 unspecified atom stereocenters. The molecule has 0 bridgehead atoms. The molecule has 198 valence electrons. The lowest BCUT2D eigenvalue weighted by Crippen LogP contribution is -2.40. The van der Waals surface area contributed by atoms with Crippen LogP contribution in [0, 0.1) is 0 Å². The Kier molecular flexibility index (Phi) is 7.98. The van der Waals surface area contributed by atoms with Gasteiger partial charge in [-0.05, 0) is 43.9 Å². The minimum Gasteiger partial charge on any atom is -0.507 e. The third-order valence-electron chi connectivity index (χ3n) is 6.47. The van der Waals surface area contributed by atoms with Gasteiger partial charge in [0.05, 0.1) is 36.8 Å². The first kappa shape index (κ1) is 26.8. The number of Topliss-reactive ketones (excluding diaryl/α,β-unsaturated/α-hetero) is 1. The summed E-state index contributed by atoms with van der Waals surface area (Å²) in [6, 6.07) is 11.9. The van der Waals surface area contributed by atoms with E-state index in [2.05, 4.69) is 0 Å². The summed E-state index contributed by atoms with van der Waals surface area (Å²) in [5, 5.41) is 11.4. The van der Waals surface area contributed by atoms with Gasteiger partial charge in [0.1, 0.15) is 11.5 Å². The number of carbonyl (C=O) groups excluding carboxylic acids is 2. The molecule has 2 heterocycles. The van der Waals surface area contributed by atoms with Crippen LogP contribution in [0.2, 0.25) is 0 Å². The Balaban J connectivity index is 1.79. The number of carbonyl (C=O) groups is 2. The molecular weight excluding hydrogens is 498 g/mol. The number of hydrogen-bond acceptors (Lipinski definition) is 8. The van der Waals surface area contributed by atoms with E-state index in [0.717, 1.165) is 0 Å². The second-order valence-corrected chi connectivity index (χ2v) is 11.1. The number of amides is 1. The van der Waals surface area contributed by atoms with Crippen molar-refractivity contribution in [3.8, 4) is 5.75 Å². The van der Waals surface area contributed by atoms with E-state index in [0.29, 0.717) is 31.1 Å². The summed E-state index contributed by atoms with van der Waals surface area (Å²) in [6.07, 6.45) is 0. The number of aliphatic hydroxyl groups is 1. The minimum atomic E-state index is -3.83.